The molecule has 0 radical (unpaired) electrons. The molecule has 0 bridgehead atoms. The molecule has 0 unspecified atom stereocenters. The molecule has 29 heavy (non-hydrogen) atoms. The van der Waals surface area contributed by atoms with Crippen molar-refractivity contribution in [1.29, 1.82) is 0 Å². The average Bonchev–Trinajstić information content (AvgIpc) is 3.22. The van der Waals surface area contributed by atoms with Crippen molar-refractivity contribution in [2.45, 2.75) is 26.1 Å². The fourth-order valence-corrected chi connectivity index (χ4v) is 3.39. The summed E-state index contributed by atoms with van der Waals surface area (Å²) in [6, 6.07) is 7.78. The Morgan fingerprint density at radius 3 is 2.93 bits per heavy atom. The van der Waals surface area contributed by atoms with E-state index in [9.17, 15) is 9.18 Å². The summed E-state index contributed by atoms with van der Waals surface area (Å²) in [4.78, 5) is 17.8. The van der Waals surface area contributed by atoms with Crippen LogP contribution >= 0.6 is 0 Å². The van der Waals surface area contributed by atoms with E-state index < -0.39 is 12.3 Å². The van der Waals surface area contributed by atoms with E-state index in [0.717, 1.165) is 11.1 Å². The van der Waals surface area contributed by atoms with Gasteiger partial charge in [0.15, 0.2) is 5.65 Å². The second kappa shape index (κ2) is 8.42. The molecule has 0 aliphatic carbocycles. The van der Waals surface area contributed by atoms with Gasteiger partial charge in [0.1, 0.15) is 24.9 Å². The van der Waals surface area contributed by atoms with Crippen LogP contribution in [0, 0.1) is 12.8 Å². The Kier molecular flexibility index (Phi) is 5.55. The molecule has 1 aliphatic rings. The zero-order valence-electron chi connectivity index (χ0n) is 16.2. The highest BCUT2D eigenvalue weighted by Gasteiger charge is 2.32. The summed E-state index contributed by atoms with van der Waals surface area (Å²) in [5.41, 5.74) is 2.68. The molecule has 8 nitrogen and oxygen atoms in total. The smallest absolute Gasteiger partial charge is 0.410 e. The first-order valence-electron chi connectivity index (χ1n) is 9.59. The number of fused-ring (bicyclic) bond motifs is 1. The number of carbonyl (C=O) groups excluding carboxylic acids is 1. The first kappa shape index (κ1) is 19.1. The number of hydrogen-bond donors (Lipinski definition) is 1. The summed E-state index contributed by atoms with van der Waals surface area (Å²) in [7, 11) is 0. The van der Waals surface area contributed by atoms with E-state index in [0.29, 0.717) is 31.0 Å². The lowest BCUT2D eigenvalue weighted by Crippen LogP contribution is -2.46. The Bertz CT molecular complexity index is 977. The van der Waals surface area contributed by atoms with Gasteiger partial charge in [0.05, 0.1) is 18.9 Å². The van der Waals surface area contributed by atoms with E-state index in [1.54, 1.807) is 23.1 Å². The molecule has 4 rings (SSSR count). The Morgan fingerprint density at radius 2 is 2.14 bits per heavy atom. The maximum absolute atomic E-state index is 14.7. The molecule has 0 spiro atoms. The normalized spacial score (nSPS) is 19.3. The standard InChI is InChI=1S/C20H23FN6O2/c1-14-2-4-15(5-3-14)12-29-20(28)26-7-6-16(17(21)11-26)8-23-18-9-22-10-19-25-24-13-27(18)19/h2-5,9-10,13,16-17,23H,6-8,11-12H2,1H3/t16-,17-/m0/s1. The SMILES string of the molecule is Cc1ccc(COC(=O)N2CC[C@@H](CNc3cncc4nncn34)[C@@H](F)C2)cc1. The number of nitrogens with zero attached hydrogens (tertiary/aromatic N) is 5. The Morgan fingerprint density at radius 1 is 1.31 bits per heavy atom. The highest BCUT2D eigenvalue weighted by atomic mass is 19.1. The van der Waals surface area contributed by atoms with Crippen molar-refractivity contribution in [3.05, 3.63) is 54.1 Å². The van der Waals surface area contributed by atoms with Crippen molar-refractivity contribution in [1.82, 2.24) is 24.5 Å². The number of alkyl halides is 1. The zero-order chi connectivity index (χ0) is 20.2. The second-order valence-electron chi connectivity index (χ2n) is 7.28. The van der Waals surface area contributed by atoms with Crippen molar-refractivity contribution in [3.63, 3.8) is 0 Å². The molecule has 3 heterocycles. The van der Waals surface area contributed by atoms with E-state index in [1.807, 2.05) is 31.2 Å². The van der Waals surface area contributed by atoms with Crippen LogP contribution in [0.3, 0.4) is 0 Å². The van der Waals surface area contributed by atoms with Crippen molar-refractivity contribution in [3.8, 4) is 0 Å². The number of nitrogens with one attached hydrogen (secondary N) is 1. The van der Waals surface area contributed by atoms with Crippen LogP contribution in [0.2, 0.25) is 0 Å². The third-order valence-electron chi connectivity index (χ3n) is 5.18. The zero-order valence-corrected chi connectivity index (χ0v) is 16.2. The second-order valence-corrected chi connectivity index (χ2v) is 7.28. The number of amides is 1. The van der Waals surface area contributed by atoms with Gasteiger partial charge in [-0.1, -0.05) is 29.8 Å². The van der Waals surface area contributed by atoms with Crippen LogP contribution in [0.1, 0.15) is 17.5 Å². The number of piperidine rings is 1. The molecule has 1 aromatic carbocycles. The first-order chi connectivity index (χ1) is 14.1. The number of halogens is 1. The summed E-state index contributed by atoms with van der Waals surface area (Å²) in [6.07, 6.45) is 3.80. The van der Waals surface area contributed by atoms with Crippen molar-refractivity contribution < 1.29 is 13.9 Å². The number of carbonyl (C=O) groups is 1. The van der Waals surface area contributed by atoms with Crippen LogP contribution in [0.5, 0.6) is 0 Å². The van der Waals surface area contributed by atoms with Crippen molar-refractivity contribution in [2.75, 3.05) is 25.0 Å². The van der Waals surface area contributed by atoms with Crippen molar-refractivity contribution >= 4 is 17.6 Å². The molecule has 2 aromatic heterocycles. The minimum absolute atomic E-state index is 0.0359. The maximum atomic E-state index is 14.7. The lowest BCUT2D eigenvalue weighted by Gasteiger charge is -2.34. The molecular weight excluding hydrogens is 375 g/mol. The predicted octanol–water partition coefficient (Wildman–Crippen LogP) is 2.84. The molecule has 2 atom stereocenters. The molecule has 1 fully saturated rings. The number of benzene rings is 1. The summed E-state index contributed by atoms with van der Waals surface area (Å²) in [5, 5.41) is 11.0. The number of likely N-dealkylation sites (tertiary alicyclic amines) is 1. The highest BCUT2D eigenvalue weighted by Crippen LogP contribution is 2.22. The molecule has 1 saturated heterocycles. The number of aryl methyl sites for hydroxylation is 1. The van der Waals surface area contributed by atoms with Gasteiger partial charge in [0.2, 0.25) is 0 Å². The minimum Gasteiger partial charge on any atom is -0.445 e. The topological polar surface area (TPSA) is 84.6 Å². The van der Waals surface area contributed by atoms with Crippen LogP contribution in [-0.2, 0) is 11.3 Å². The van der Waals surface area contributed by atoms with Crippen LogP contribution in [0.4, 0.5) is 15.0 Å². The van der Waals surface area contributed by atoms with Crippen LogP contribution in [0.25, 0.3) is 5.65 Å². The van der Waals surface area contributed by atoms with Gasteiger partial charge in [-0.3, -0.25) is 9.38 Å². The van der Waals surface area contributed by atoms with E-state index in [-0.39, 0.29) is 19.1 Å². The van der Waals surface area contributed by atoms with Gasteiger partial charge in [0, 0.05) is 19.0 Å². The van der Waals surface area contributed by atoms with Gasteiger partial charge in [-0.2, -0.15) is 0 Å². The number of hydrogen-bond acceptors (Lipinski definition) is 6. The third-order valence-corrected chi connectivity index (χ3v) is 5.18. The average molecular weight is 398 g/mol. The molecule has 1 amide bonds. The summed E-state index contributed by atoms with van der Waals surface area (Å²) < 4.78 is 21.8. The lowest BCUT2D eigenvalue weighted by atomic mass is 9.95. The quantitative estimate of drug-likeness (QED) is 0.711. The number of aromatic nitrogens is 4. The fraction of sp³-hybridized carbons (Fsp3) is 0.400. The van der Waals surface area contributed by atoms with Gasteiger partial charge >= 0.3 is 6.09 Å². The molecule has 152 valence electrons. The molecule has 9 heteroatoms. The van der Waals surface area contributed by atoms with Crippen LogP contribution in [0.15, 0.2) is 43.0 Å². The van der Waals surface area contributed by atoms with E-state index in [4.69, 9.17) is 4.74 Å². The third kappa shape index (κ3) is 4.44. The Labute approximate surface area is 167 Å². The number of anilines is 1. The van der Waals surface area contributed by atoms with E-state index in [2.05, 4.69) is 20.5 Å². The van der Waals surface area contributed by atoms with E-state index in [1.165, 1.54) is 4.90 Å². The summed E-state index contributed by atoms with van der Waals surface area (Å²) >= 11 is 0. The highest BCUT2D eigenvalue weighted by molar-refractivity contribution is 5.67. The van der Waals surface area contributed by atoms with Crippen LogP contribution in [-0.4, -0.2) is 56.4 Å². The molecule has 0 saturated carbocycles. The fourth-order valence-electron chi connectivity index (χ4n) is 3.39. The van der Waals surface area contributed by atoms with E-state index >= 15 is 0 Å². The van der Waals surface area contributed by atoms with Crippen molar-refractivity contribution in [2.24, 2.45) is 5.92 Å². The Hall–Kier alpha value is -3.23. The molecule has 1 N–H and O–H groups in total. The van der Waals surface area contributed by atoms with Gasteiger partial charge in [-0.05, 0) is 18.9 Å². The first-order valence-corrected chi connectivity index (χ1v) is 9.59. The predicted molar refractivity (Wildman–Crippen MR) is 105 cm³/mol. The Balaban J connectivity index is 1.27. The monoisotopic (exact) mass is 398 g/mol. The largest absolute Gasteiger partial charge is 0.445 e. The molecular formula is C20H23FN6O2. The van der Waals surface area contributed by atoms with Gasteiger partial charge in [0.25, 0.3) is 0 Å². The number of ether oxygens (including phenoxy) is 1. The summed E-state index contributed by atoms with van der Waals surface area (Å²) in [5.74, 6) is 0.502. The van der Waals surface area contributed by atoms with Crippen LogP contribution < -0.4 is 5.32 Å². The number of rotatable bonds is 5. The van der Waals surface area contributed by atoms with Gasteiger partial charge in [-0.25, -0.2) is 9.18 Å². The maximum Gasteiger partial charge on any atom is 0.410 e. The molecule has 3 aromatic rings. The van der Waals surface area contributed by atoms with Gasteiger partial charge < -0.3 is 15.0 Å². The van der Waals surface area contributed by atoms with Gasteiger partial charge in [-0.15, -0.1) is 10.2 Å². The lowest BCUT2D eigenvalue weighted by molar-refractivity contribution is 0.0544. The molecule has 1 aliphatic heterocycles. The summed E-state index contributed by atoms with van der Waals surface area (Å²) in [6.45, 7) is 3.13. The minimum atomic E-state index is -1.13.